The maximum Gasteiger partial charge on any atom is 0.0138 e. The number of hydrogen-bond acceptors (Lipinski definition) is 1. The molecule has 0 heterocycles. The molecule has 0 fully saturated rings. The number of benzene rings is 1. The average molecular weight is 275 g/mol. The van der Waals surface area contributed by atoms with Crippen molar-refractivity contribution in [2.24, 2.45) is 5.73 Å². The minimum absolute atomic E-state index is 0.107. The SMILES string of the molecule is CC(C)(N)Cc1cccc(I)c1. The van der Waals surface area contributed by atoms with Crippen molar-refractivity contribution in [3.8, 4) is 0 Å². The Balaban J connectivity index is 2.77. The van der Waals surface area contributed by atoms with Crippen LogP contribution in [-0.4, -0.2) is 5.54 Å². The lowest BCUT2D eigenvalue weighted by molar-refractivity contribution is 0.516. The van der Waals surface area contributed by atoms with Crippen molar-refractivity contribution in [2.45, 2.75) is 25.8 Å². The second kappa shape index (κ2) is 3.75. The number of hydrogen-bond donors (Lipinski definition) is 1. The molecule has 0 unspecified atom stereocenters. The van der Waals surface area contributed by atoms with Gasteiger partial charge >= 0.3 is 0 Å². The molecule has 2 heteroatoms. The Morgan fingerprint density at radius 3 is 2.58 bits per heavy atom. The molecule has 1 aromatic rings. The second-order valence-electron chi connectivity index (χ2n) is 3.80. The quantitative estimate of drug-likeness (QED) is 0.825. The molecule has 0 aliphatic heterocycles. The molecule has 0 amide bonds. The highest BCUT2D eigenvalue weighted by Crippen LogP contribution is 2.12. The van der Waals surface area contributed by atoms with Crippen LogP contribution in [0.4, 0.5) is 0 Å². The highest BCUT2D eigenvalue weighted by atomic mass is 127. The maximum atomic E-state index is 5.92. The normalized spacial score (nSPS) is 11.7. The zero-order chi connectivity index (χ0) is 9.19. The molecule has 2 N–H and O–H groups in total. The summed E-state index contributed by atoms with van der Waals surface area (Å²) < 4.78 is 1.27. The van der Waals surface area contributed by atoms with Crippen molar-refractivity contribution in [3.63, 3.8) is 0 Å². The standard InChI is InChI=1S/C10H14IN/c1-10(2,12)7-8-4-3-5-9(11)6-8/h3-6H,7,12H2,1-2H3. The van der Waals surface area contributed by atoms with Crippen molar-refractivity contribution in [2.75, 3.05) is 0 Å². The zero-order valence-corrected chi connectivity index (χ0v) is 9.63. The van der Waals surface area contributed by atoms with E-state index in [1.807, 2.05) is 13.8 Å². The van der Waals surface area contributed by atoms with Gasteiger partial charge in [0.2, 0.25) is 0 Å². The number of nitrogens with two attached hydrogens (primary N) is 1. The first kappa shape index (κ1) is 9.99. The van der Waals surface area contributed by atoms with Gasteiger partial charge in [-0.3, -0.25) is 0 Å². The molecule has 0 atom stereocenters. The van der Waals surface area contributed by atoms with Gasteiger partial charge in [0.05, 0.1) is 0 Å². The fraction of sp³-hybridized carbons (Fsp3) is 0.400. The average Bonchev–Trinajstić information content (AvgIpc) is 1.82. The van der Waals surface area contributed by atoms with Gasteiger partial charge in [0.1, 0.15) is 0 Å². The van der Waals surface area contributed by atoms with Gasteiger partial charge in [-0.1, -0.05) is 12.1 Å². The second-order valence-corrected chi connectivity index (χ2v) is 5.04. The van der Waals surface area contributed by atoms with Gasteiger partial charge < -0.3 is 5.73 Å². The molecule has 0 aliphatic rings. The summed E-state index contributed by atoms with van der Waals surface area (Å²) in [6, 6.07) is 8.46. The summed E-state index contributed by atoms with van der Waals surface area (Å²) in [4.78, 5) is 0. The molecule has 0 bridgehead atoms. The zero-order valence-electron chi connectivity index (χ0n) is 7.47. The highest BCUT2D eigenvalue weighted by Gasteiger charge is 2.10. The van der Waals surface area contributed by atoms with Gasteiger partial charge in [-0.25, -0.2) is 0 Å². The minimum atomic E-state index is -0.107. The van der Waals surface area contributed by atoms with E-state index in [9.17, 15) is 0 Å². The lowest BCUT2D eigenvalue weighted by Gasteiger charge is -2.18. The number of rotatable bonds is 2. The van der Waals surface area contributed by atoms with Crippen molar-refractivity contribution >= 4 is 22.6 Å². The fourth-order valence-corrected chi connectivity index (χ4v) is 1.78. The van der Waals surface area contributed by atoms with Crippen molar-refractivity contribution in [1.29, 1.82) is 0 Å². The summed E-state index contributed by atoms with van der Waals surface area (Å²) >= 11 is 2.32. The van der Waals surface area contributed by atoms with Crippen LogP contribution in [0.5, 0.6) is 0 Å². The van der Waals surface area contributed by atoms with Crippen LogP contribution >= 0.6 is 22.6 Å². The molecule has 1 rings (SSSR count). The molecule has 12 heavy (non-hydrogen) atoms. The maximum absolute atomic E-state index is 5.92. The van der Waals surface area contributed by atoms with E-state index in [0.717, 1.165) is 6.42 Å². The molecule has 66 valence electrons. The first-order valence-electron chi connectivity index (χ1n) is 4.01. The molecule has 0 spiro atoms. The number of halogens is 1. The van der Waals surface area contributed by atoms with Crippen molar-refractivity contribution < 1.29 is 0 Å². The van der Waals surface area contributed by atoms with Crippen LogP contribution in [0.2, 0.25) is 0 Å². The summed E-state index contributed by atoms with van der Waals surface area (Å²) in [6.07, 6.45) is 0.934. The van der Waals surface area contributed by atoms with Gasteiger partial charge in [-0.2, -0.15) is 0 Å². The van der Waals surface area contributed by atoms with Crippen LogP contribution in [0.3, 0.4) is 0 Å². The van der Waals surface area contributed by atoms with Gasteiger partial charge in [0.15, 0.2) is 0 Å². The van der Waals surface area contributed by atoms with Crippen LogP contribution in [0, 0.1) is 3.57 Å². The van der Waals surface area contributed by atoms with E-state index in [1.54, 1.807) is 0 Å². The summed E-state index contributed by atoms with van der Waals surface area (Å²) in [5.74, 6) is 0. The van der Waals surface area contributed by atoms with E-state index in [-0.39, 0.29) is 5.54 Å². The molecular weight excluding hydrogens is 261 g/mol. The van der Waals surface area contributed by atoms with E-state index >= 15 is 0 Å². The predicted molar refractivity (Wildman–Crippen MR) is 61.1 cm³/mol. The van der Waals surface area contributed by atoms with Crippen LogP contribution in [0.1, 0.15) is 19.4 Å². The lowest BCUT2D eigenvalue weighted by Crippen LogP contribution is -2.34. The third kappa shape index (κ3) is 3.54. The molecule has 0 aromatic heterocycles. The van der Waals surface area contributed by atoms with E-state index < -0.39 is 0 Å². The Hall–Kier alpha value is -0.0900. The Labute approximate surface area is 87.5 Å². The first-order valence-corrected chi connectivity index (χ1v) is 5.08. The van der Waals surface area contributed by atoms with Gasteiger partial charge in [-0.15, -0.1) is 0 Å². The molecule has 0 radical (unpaired) electrons. The Morgan fingerprint density at radius 1 is 1.42 bits per heavy atom. The van der Waals surface area contributed by atoms with Gasteiger partial charge in [-0.05, 0) is 60.6 Å². The molecular formula is C10H14IN. The van der Waals surface area contributed by atoms with Crippen LogP contribution in [-0.2, 0) is 6.42 Å². The van der Waals surface area contributed by atoms with Crippen LogP contribution in [0.25, 0.3) is 0 Å². The summed E-state index contributed by atoms with van der Waals surface area (Å²) in [7, 11) is 0. The van der Waals surface area contributed by atoms with E-state index in [2.05, 4.69) is 46.9 Å². The Kier molecular flexibility index (Phi) is 3.12. The van der Waals surface area contributed by atoms with Crippen LogP contribution < -0.4 is 5.73 Å². The molecule has 0 saturated carbocycles. The van der Waals surface area contributed by atoms with Gasteiger partial charge in [0, 0.05) is 9.11 Å². The summed E-state index contributed by atoms with van der Waals surface area (Å²) in [6.45, 7) is 4.10. The monoisotopic (exact) mass is 275 g/mol. The predicted octanol–water partition coefficient (Wildman–Crippen LogP) is 2.57. The summed E-state index contributed by atoms with van der Waals surface area (Å²) in [5, 5.41) is 0. The lowest BCUT2D eigenvalue weighted by atomic mass is 9.96. The third-order valence-corrected chi connectivity index (χ3v) is 2.22. The first-order chi connectivity index (χ1) is 5.47. The topological polar surface area (TPSA) is 26.0 Å². The molecule has 0 saturated heterocycles. The van der Waals surface area contributed by atoms with Gasteiger partial charge in [0.25, 0.3) is 0 Å². The van der Waals surface area contributed by atoms with Crippen molar-refractivity contribution in [3.05, 3.63) is 33.4 Å². The smallest absolute Gasteiger partial charge is 0.0138 e. The molecule has 1 aromatic carbocycles. The van der Waals surface area contributed by atoms with E-state index in [0.29, 0.717) is 0 Å². The summed E-state index contributed by atoms with van der Waals surface area (Å²) in [5.41, 5.74) is 7.12. The molecule has 0 aliphatic carbocycles. The van der Waals surface area contributed by atoms with Crippen LogP contribution in [0.15, 0.2) is 24.3 Å². The fourth-order valence-electron chi connectivity index (χ4n) is 1.17. The Bertz CT molecular complexity index is 263. The third-order valence-electron chi connectivity index (χ3n) is 1.55. The largest absolute Gasteiger partial charge is 0.325 e. The highest BCUT2D eigenvalue weighted by molar-refractivity contribution is 14.1. The minimum Gasteiger partial charge on any atom is -0.325 e. The van der Waals surface area contributed by atoms with E-state index in [1.165, 1.54) is 9.13 Å². The Morgan fingerprint density at radius 2 is 2.08 bits per heavy atom. The van der Waals surface area contributed by atoms with E-state index in [4.69, 9.17) is 5.73 Å². The van der Waals surface area contributed by atoms with Crippen molar-refractivity contribution in [1.82, 2.24) is 0 Å². The molecule has 1 nitrogen and oxygen atoms in total.